The van der Waals surface area contributed by atoms with E-state index in [1.165, 1.54) is 12.8 Å². The van der Waals surface area contributed by atoms with Gasteiger partial charge in [0.05, 0.1) is 0 Å². The quantitative estimate of drug-likeness (QED) is 0.848. The monoisotopic (exact) mass is 310 g/mol. The van der Waals surface area contributed by atoms with Gasteiger partial charge in [-0.2, -0.15) is 0 Å². The smallest absolute Gasteiger partial charge is 0.319 e. The molecule has 1 aliphatic heterocycles. The topological polar surface area (TPSA) is 69.9 Å². The van der Waals surface area contributed by atoms with Gasteiger partial charge < -0.3 is 20.4 Å². The normalized spacial score (nSPS) is 26.6. The summed E-state index contributed by atoms with van der Waals surface area (Å²) in [7, 11) is 3.54. The number of carbonyl (C=O) groups is 2. The minimum Gasteiger partial charge on any atom is -0.351 e. The third-order valence-corrected chi connectivity index (χ3v) is 5.14. The van der Waals surface area contributed by atoms with E-state index < -0.39 is 0 Å². The molecule has 0 aromatic heterocycles. The summed E-state index contributed by atoms with van der Waals surface area (Å²) < 4.78 is 0. The van der Waals surface area contributed by atoms with E-state index in [2.05, 4.69) is 6.92 Å². The van der Waals surface area contributed by atoms with Gasteiger partial charge in [-0.3, -0.25) is 0 Å². The average molecular weight is 310 g/mol. The molecule has 126 valence electrons. The molecule has 1 aliphatic carbocycles. The second-order valence-corrected chi connectivity index (χ2v) is 7.05. The largest absolute Gasteiger partial charge is 0.351 e. The fraction of sp³-hybridized carbons (Fsp3) is 0.875. The molecule has 2 fully saturated rings. The Morgan fingerprint density at radius 1 is 0.955 bits per heavy atom. The van der Waals surface area contributed by atoms with Crippen molar-refractivity contribution >= 4 is 12.1 Å². The number of nitrogens with zero attached hydrogens (tertiary/aromatic N) is 3. The zero-order valence-electron chi connectivity index (χ0n) is 14.1. The maximum atomic E-state index is 12.0. The first kappa shape index (κ1) is 16.9. The minimum absolute atomic E-state index is 0.0515. The van der Waals surface area contributed by atoms with Crippen molar-refractivity contribution in [1.29, 1.82) is 0 Å². The Kier molecular flexibility index (Phi) is 5.53. The van der Waals surface area contributed by atoms with E-state index in [0.29, 0.717) is 13.1 Å². The van der Waals surface area contributed by atoms with Crippen LogP contribution in [0.5, 0.6) is 0 Å². The molecule has 0 bridgehead atoms. The molecule has 0 radical (unpaired) electrons. The van der Waals surface area contributed by atoms with Crippen LogP contribution in [-0.2, 0) is 0 Å². The molecule has 0 atom stereocenters. The summed E-state index contributed by atoms with van der Waals surface area (Å²) in [5.41, 5.74) is 5.67. The Bertz CT molecular complexity index is 397. The van der Waals surface area contributed by atoms with Crippen molar-refractivity contribution in [3.63, 3.8) is 0 Å². The minimum atomic E-state index is -0.295. The number of primary amides is 1. The van der Waals surface area contributed by atoms with Gasteiger partial charge in [-0.05, 0) is 44.4 Å². The number of carbonyl (C=O) groups excluding carboxylic acids is 2. The number of hydrogen-bond donors (Lipinski definition) is 1. The van der Waals surface area contributed by atoms with Crippen LogP contribution >= 0.6 is 0 Å². The fourth-order valence-electron chi connectivity index (χ4n) is 3.80. The Morgan fingerprint density at radius 3 is 1.91 bits per heavy atom. The first-order valence-corrected chi connectivity index (χ1v) is 8.44. The molecule has 6 heteroatoms. The van der Waals surface area contributed by atoms with Gasteiger partial charge in [-0.25, -0.2) is 9.59 Å². The van der Waals surface area contributed by atoms with Crippen molar-refractivity contribution in [2.45, 2.75) is 57.5 Å². The number of rotatable bonds is 2. The summed E-state index contributed by atoms with van der Waals surface area (Å²) in [5.74, 6) is 0.755. The molecule has 0 spiro atoms. The third kappa shape index (κ3) is 3.84. The summed E-state index contributed by atoms with van der Waals surface area (Å²) in [6.07, 6.45) is 6.11. The fourth-order valence-corrected chi connectivity index (χ4v) is 3.80. The standard InChI is InChI=1S/C16H30N4O2/c1-12-4-6-13(7-5-12)20(15(17)21)14-8-10-19(11-9-14)16(22)18(2)3/h12-14H,4-11H2,1-3H3,(H2,17,21)/t12-,13-. The lowest BCUT2D eigenvalue weighted by Gasteiger charge is -2.43. The van der Waals surface area contributed by atoms with Gasteiger partial charge >= 0.3 is 12.1 Å². The molecular weight excluding hydrogens is 280 g/mol. The molecule has 1 saturated carbocycles. The van der Waals surface area contributed by atoms with Crippen LogP contribution in [0, 0.1) is 5.92 Å². The molecule has 0 unspecified atom stereocenters. The van der Waals surface area contributed by atoms with Crippen molar-refractivity contribution in [3.05, 3.63) is 0 Å². The van der Waals surface area contributed by atoms with Gasteiger partial charge in [-0.15, -0.1) is 0 Å². The van der Waals surface area contributed by atoms with Crippen LogP contribution in [0.4, 0.5) is 9.59 Å². The van der Waals surface area contributed by atoms with Gasteiger partial charge in [-0.1, -0.05) is 6.92 Å². The lowest BCUT2D eigenvalue weighted by molar-refractivity contribution is 0.0823. The highest BCUT2D eigenvalue weighted by molar-refractivity contribution is 5.74. The lowest BCUT2D eigenvalue weighted by Crippen LogP contribution is -2.55. The first-order chi connectivity index (χ1) is 10.4. The number of amides is 4. The van der Waals surface area contributed by atoms with Crippen LogP contribution in [0.25, 0.3) is 0 Å². The second kappa shape index (κ2) is 7.20. The highest BCUT2D eigenvalue weighted by atomic mass is 16.2. The molecule has 2 N–H and O–H groups in total. The Morgan fingerprint density at radius 2 is 1.45 bits per heavy atom. The third-order valence-electron chi connectivity index (χ3n) is 5.14. The number of nitrogens with two attached hydrogens (primary N) is 1. The number of piperidine rings is 1. The van der Waals surface area contributed by atoms with Gasteiger partial charge in [0.15, 0.2) is 0 Å². The Hall–Kier alpha value is -1.46. The number of likely N-dealkylation sites (tertiary alicyclic amines) is 1. The molecule has 1 saturated heterocycles. The maximum Gasteiger partial charge on any atom is 0.319 e. The summed E-state index contributed by atoms with van der Waals surface area (Å²) in [6.45, 7) is 3.68. The predicted octanol–water partition coefficient (Wildman–Crippen LogP) is 2.09. The SMILES string of the molecule is CN(C)C(=O)N1CCC(N(C(N)=O)[C@H]2CC[C@H](C)CC2)CC1. The molecule has 0 aromatic carbocycles. The Labute approximate surface area is 133 Å². The lowest BCUT2D eigenvalue weighted by atomic mass is 9.85. The van der Waals surface area contributed by atoms with Crippen LogP contribution in [0.15, 0.2) is 0 Å². The summed E-state index contributed by atoms with van der Waals surface area (Å²) >= 11 is 0. The highest BCUT2D eigenvalue weighted by Gasteiger charge is 2.34. The van der Waals surface area contributed by atoms with Crippen LogP contribution in [-0.4, -0.2) is 66.0 Å². The van der Waals surface area contributed by atoms with Gasteiger partial charge in [0.2, 0.25) is 0 Å². The van der Waals surface area contributed by atoms with E-state index in [1.54, 1.807) is 19.0 Å². The molecule has 6 nitrogen and oxygen atoms in total. The average Bonchev–Trinajstić information content (AvgIpc) is 2.49. The molecule has 22 heavy (non-hydrogen) atoms. The van der Waals surface area contributed by atoms with Crippen molar-refractivity contribution in [1.82, 2.24) is 14.7 Å². The first-order valence-electron chi connectivity index (χ1n) is 8.44. The van der Waals surface area contributed by atoms with Crippen LogP contribution < -0.4 is 5.73 Å². The number of hydrogen-bond acceptors (Lipinski definition) is 2. The molecule has 0 aromatic rings. The molecule has 1 heterocycles. The molecule has 4 amide bonds. The van der Waals surface area contributed by atoms with E-state index in [1.807, 2.05) is 9.80 Å². The van der Waals surface area contributed by atoms with Crippen molar-refractivity contribution < 1.29 is 9.59 Å². The van der Waals surface area contributed by atoms with Gasteiger partial charge in [0.25, 0.3) is 0 Å². The van der Waals surface area contributed by atoms with Crippen LogP contribution in [0.1, 0.15) is 45.4 Å². The summed E-state index contributed by atoms with van der Waals surface area (Å²) in [4.78, 5) is 29.3. The second-order valence-electron chi connectivity index (χ2n) is 7.05. The zero-order valence-corrected chi connectivity index (χ0v) is 14.1. The molecule has 2 aliphatic rings. The van der Waals surface area contributed by atoms with E-state index in [0.717, 1.165) is 31.6 Å². The van der Waals surface area contributed by atoms with Gasteiger partial charge in [0.1, 0.15) is 0 Å². The highest BCUT2D eigenvalue weighted by Crippen LogP contribution is 2.30. The van der Waals surface area contributed by atoms with Crippen molar-refractivity contribution in [2.75, 3.05) is 27.2 Å². The Balaban J connectivity index is 1.94. The number of urea groups is 2. The van der Waals surface area contributed by atoms with Crippen LogP contribution in [0.3, 0.4) is 0 Å². The van der Waals surface area contributed by atoms with Crippen LogP contribution in [0.2, 0.25) is 0 Å². The maximum absolute atomic E-state index is 12.0. The van der Waals surface area contributed by atoms with E-state index in [9.17, 15) is 9.59 Å². The van der Waals surface area contributed by atoms with E-state index >= 15 is 0 Å². The zero-order chi connectivity index (χ0) is 16.3. The predicted molar refractivity (Wildman–Crippen MR) is 86.5 cm³/mol. The van der Waals surface area contributed by atoms with Crippen molar-refractivity contribution in [3.8, 4) is 0 Å². The van der Waals surface area contributed by atoms with E-state index in [-0.39, 0.29) is 24.1 Å². The summed E-state index contributed by atoms with van der Waals surface area (Å²) in [6, 6.07) is 0.226. The molecular formula is C16H30N4O2. The van der Waals surface area contributed by atoms with Gasteiger partial charge in [0, 0.05) is 39.3 Å². The molecule has 2 rings (SSSR count). The van der Waals surface area contributed by atoms with E-state index in [4.69, 9.17) is 5.73 Å². The van der Waals surface area contributed by atoms with Crippen molar-refractivity contribution in [2.24, 2.45) is 11.7 Å². The summed E-state index contributed by atoms with van der Waals surface area (Å²) in [5, 5.41) is 0.